The van der Waals surface area contributed by atoms with E-state index in [0.717, 1.165) is 31.4 Å². The van der Waals surface area contributed by atoms with E-state index in [-0.39, 0.29) is 5.82 Å². The summed E-state index contributed by atoms with van der Waals surface area (Å²) in [5.41, 5.74) is 2.16. The summed E-state index contributed by atoms with van der Waals surface area (Å²) < 4.78 is 62.0. The highest BCUT2D eigenvalue weighted by Crippen LogP contribution is 2.31. The van der Waals surface area contributed by atoms with Crippen molar-refractivity contribution in [2.24, 2.45) is 0 Å². The van der Waals surface area contributed by atoms with E-state index in [1.54, 1.807) is 42.5 Å². The van der Waals surface area contributed by atoms with Crippen LogP contribution < -0.4 is 4.74 Å². The van der Waals surface area contributed by atoms with Crippen molar-refractivity contribution in [1.82, 2.24) is 0 Å². The zero-order valence-corrected chi connectivity index (χ0v) is 19.0. The Balaban J connectivity index is 1.51. The van der Waals surface area contributed by atoms with Gasteiger partial charge < -0.3 is 4.74 Å². The van der Waals surface area contributed by atoms with Crippen molar-refractivity contribution in [3.05, 3.63) is 101 Å². The predicted octanol–water partition coefficient (Wildman–Crippen LogP) is 8.42. The summed E-state index contributed by atoms with van der Waals surface area (Å²) in [6, 6.07) is 17.1. The maximum absolute atomic E-state index is 15.1. The van der Waals surface area contributed by atoms with Crippen LogP contribution in [0.25, 0.3) is 21.9 Å². The van der Waals surface area contributed by atoms with Gasteiger partial charge in [-0.05, 0) is 71.7 Å². The van der Waals surface area contributed by atoms with Gasteiger partial charge in [0.1, 0.15) is 17.4 Å². The van der Waals surface area contributed by atoms with Crippen LogP contribution in [0.2, 0.25) is 0 Å². The first kappa shape index (κ1) is 23.8. The maximum atomic E-state index is 15.1. The van der Waals surface area contributed by atoms with Gasteiger partial charge in [-0.25, -0.2) is 17.6 Å². The minimum Gasteiger partial charge on any atom is -0.493 e. The molecule has 4 rings (SSSR count). The van der Waals surface area contributed by atoms with Crippen LogP contribution in [0.1, 0.15) is 37.3 Å². The number of hydrogen-bond acceptors (Lipinski definition) is 1. The Morgan fingerprint density at radius 1 is 0.706 bits per heavy atom. The van der Waals surface area contributed by atoms with Gasteiger partial charge in [-0.2, -0.15) is 0 Å². The summed E-state index contributed by atoms with van der Waals surface area (Å²) in [4.78, 5) is 0. The van der Waals surface area contributed by atoms with E-state index in [9.17, 15) is 13.2 Å². The second kappa shape index (κ2) is 10.7. The molecule has 4 aromatic carbocycles. The molecule has 0 aliphatic rings. The summed E-state index contributed by atoms with van der Waals surface area (Å²) in [6.07, 6.45) is 3.83. The largest absolute Gasteiger partial charge is 0.493 e. The molecule has 0 unspecified atom stereocenters. The van der Waals surface area contributed by atoms with Crippen LogP contribution in [-0.4, -0.2) is 6.61 Å². The molecule has 0 saturated heterocycles. The van der Waals surface area contributed by atoms with Gasteiger partial charge in [-0.15, -0.1) is 0 Å². The Morgan fingerprint density at radius 3 is 2.32 bits per heavy atom. The normalized spacial score (nSPS) is 11.2. The van der Waals surface area contributed by atoms with Crippen molar-refractivity contribution in [3.8, 4) is 16.9 Å². The third-order valence-corrected chi connectivity index (χ3v) is 5.97. The number of unbranched alkanes of at least 4 members (excludes halogenated alkanes) is 2. The van der Waals surface area contributed by atoms with E-state index in [1.165, 1.54) is 12.1 Å². The van der Waals surface area contributed by atoms with Gasteiger partial charge in [0.2, 0.25) is 0 Å². The Hall–Kier alpha value is -3.34. The molecule has 0 fully saturated rings. The fourth-order valence-electron chi connectivity index (χ4n) is 4.03. The lowest BCUT2D eigenvalue weighted by Gasteiger charge is -2.11. The molecule has 0 N–H and O–H groups in total. The van der Waals surface area contributed by atoms with Gasteiger partial charge in [-0.3, -0.25) is 0 Å². The molecule has 0 bridgehead atoms. The maximum Gasteiger partial charge on any atom is 0.159 e. The van der Waals surface area contributed by atoms with Crippen LogP contribution in [0.3, 0.4) is 0 Å². The lowest BCUT2D eigenvalue weighted by Crippen LogP contribution is -1.98. The average Bonchev–Trinajstić information content (AvgIpc) is 2.83. The van der Waals surface area contributed by atoms with E-state index in [4.69, 9.17) is 4.74 Å². The van der Waals surface area contributed by atoms with E-state index in [0.29, 0.717) is 58.2 Å². The molecule has 0 spiro atoms. The molecule has 0 aliphatic carbocycles. The molecule has 176 valence electrons. The molecule has 5 heteroatoms. The molecular weight excluding hydrogens is 440 g/mol. The molecule has 34 heavy (non-hydrogen) atoms. The quantitative estimate of drug-likeness (QED) is 0.178. The highest BCUT2D eigenvalue weighted by molar-refractivity contribution is 5.88. The molecule has 0 aromatic heterocycles. The van der Waals surface area contributed by atoms with Gasteiger partial charge in [-0.1, -0.05) is 50.1 Å². The van der Waals surface area contributed by atoms with Gasteiger partial charge in [0.05, 0.1) is 6.61 Å². The van der Waals surface area contributed by atoms with Crippen molar-refractivity contribution in [2.45, 2.75) is 39.0 Å². The van der Waals surface area contributed by atoms with Gasteiger partial charge in [0, 0.05) is 17.0 Å². The van der Waals surface area contributed by atoms with E-state index >= 15 is 4.39 Å². The summed E-state index contributed by atoms with van der Waals surface area (Å²) in [7, 11) is 0. The molecule has 0 radical (unpaired) electrons. The molecule has 0 aliphatic heterocycles. The second-order valence-corrected chi connectivity index (χ2v) is 8.42. The number of benzene rings is 4. The Morgan fingerprint density at radius 2 is 1.56 bits per heavy atom. The van der Waals surface area contributed by atoms with Crippen LogP contribution in [0.15, 0.2) is 66.7 Å². The summed E-state index contributed by atoms with van der Waals surface area (Å²) in [5.74, 6) is -2.07. The van der Waals surface area contributed by atoms with E-state index < -0.39 is 17.5 Å². The highest BCUT2D eigenvalue weighted by Gasteiger charge is 2.12. The molecule has 0 saturated carbocycles. The number of fused-ring (bicyclic) bond motifs is 1. The van der Waals surface area contributed by atoms with E-state index in [1.807, 2.05) is 0 Å². The topological polar surface area (TPSA) is 9.23 Å². The Bertz CT molecular complexity index is 1300. The minimum absolute atomic E-state index is 0.350. The fourth-order valence-corrected chi connectivity index (χ4v) is 4.03. The number of hydrogen-bond donors (Lipinski definition) is 0. The Labute approximate surface area is 197 Å². The third-order valence-electron chi connectivity index (χ3n) is 5.97. The first-order valence-electron chi connectivity index (χ1n) is 11.5. The zero-order chi connectivity index (χ0) is 24.1. The standard InChI is InChI=1S/C29H26F4O/c1-2-3-4-15-34-23-11-13-24(27(31)18-23)21-10-12-25-22(17-21)9-8-20(29(25)33)7-5-19-6-14-26(30)28(32)16-19/h6,8-14,16-18H,2-5,7,15H2,1H3. The van der Waals surface area contributed by atoms with Crippen LogP contribution in [-0.2, 0) is 12.8 Å². The van der Waals surface area contributed by atoms with Crippen molar-refractivity contribution in [2.75, 3.05) is 6.61 Å². The summed E-state index contributed by atoms with van der Waals surface area (Å²) in [5, 5.41) is 1.09. The molecule has 0 heterocycles. The molecular formula is C29H26F4O. The van der Waals surface area contributed by atoms with Crippen LogP contribution in [0.4, 0.5) is 17.6 Å². The fraction of sp³-hybridized carbons (Fsp3) is 0.241. The van der Waals surface area contributed by atoms with Crippen LogP contribution in [0.5, 0.6) is 5.75 Å². The average molecular weight is 467 g/mol. The summed E-state index contributed by atoms with van der Waals surface area (Å²) >= 11 is 0. The number of aryl methyl sites for hydroxylation is 2. The molecule has 4 aromatic rings. The van der Waals surface area contributed by atoms with Crippen molar-refractivity contribution >= 4 is 10.8 Å². The van der Waals surface area contributed by atoms with Gasteiger partial charge in [0.25, 0.3) is 0 Å². The monoisotopic (exact) mass is 466 g/mol. The van der Waals surface area contributed by atoms with Crippen molar-refractivity contribution in [3.63, 3.8) is 0 Å². The van der Waals surface area contributed by atoms with Crippen molar-refractivity contribution in [1.29, 1.82) is 0 Å². The van der Waals surface area contributed by atoms with Gasteiger partial charge >= 0.3 is 0 Å². The first-order chi connectivity index (χ1) is 16.5. The van der Waals surface area contributed by atoms with Gasteiger partial charge in [0.15, 0.2) is 11.6 Å². The number of ether oxygens (including phenoxy) is 1. The highest BCUT2D eigenvalue weighted by atomic mass is 19.2. The Kier molecular flexibility index (Phi) is 7.51. The smallest absolute Gasteiger partial charge is 0.159 e. The lowest BCUT2D eigenvalue weighted by atomic mass is 9.97. The first-order valence-corrected chi connectivity index (χ1v) is 11.5. The number of rotatable bonds is 9. The third kappa shape index (κ3) is 5.41. The molecule has 0 atom stereocenters. The van der Waals surface area contributed by atoms with E-state index in [2.05, 4.69) is 6.92 Å². The minimum atomic E-state index is -0.910. The zero-order valence-electron chi connectivity index (χ0n) is 19.0. The second-order valence-electron chi connectivity index (χ2n) is 8.42. The molecule has 0 amide bonds. The van der Waals surface area contributed by atoms with Crippen molar-refractivity contribution < 1.29 is 22.3 Å². The molecule has 1 nitrogen and oxygen atoms in total. The predicted molar refractivity (Wildman–Crippen MR) is 128 cm³/mol. The van der Waals surface area contributed by atoms with Crippen LogP contribution >= 0.6 is 0 Å². The lowest BCUT2D eigenvalue weighted by molar-refractivity contribution is 0.305. The SMILES string of the molecule is CCCCCOc1ccc(-c2ccc3c(F)c(CCc4ccc(F)c(F)c4)ccc3c2)c(F)c1. The summed E-state index contributed by atoms with van der Waals surface area (Å²) in [6.45, 7) is 2.67. The van der Waals surface area contributed by atoms with Crippen LogP contribution in [0, 0.1) is 23.3 Å². The number of halogens is 4.